The molecule has 1 saturated carbocycles. The quantitative estimate of drug-likeness (QED) is 0.895. The molecule has 3 rings (SSSR count). The molecule has 0 bridgehead atoms. The number of methoxy groups -OCH3 is 1. The second-order valence-electron chi connectivity index (χ2n) is 5.15. The van der Waals surface area contributed by atoms with Crippen molar-refractivity contribution < 1.29 is 9.53 Å². The van der Waals surface area contributed by atoms with Crippen molar-refractivity contribution in [1.82, 2.24) is 4.90 Å². The van der Waals surface area contributed by atoms with Gasteiger partial charge in [-0.1, -0.05) is 30.3 Å². The van der Waals surface area contributed by atoms with Crippen LogP contribution >= 0.6 is 0 Å². The summed E-state index contributed by atoms with van der Waals surface area (Å²) in [5, 5.41) is 0. The number of nitrogens with zero attached hydrogens (tertiary/aromatic N) is 2. The fourth-order valence-corrected chi connectivity index (χ4v) is 2.86. The van der Waals surface area contributed by atoms with E-state index in [9.17, 15) is 4.79 Å². The first-order chi connectivity index (χ1) is 9.15. The van der Waals surface area contributed by atoms with Crippen molar-refractivity contribution in [2.24, 2.45) is 10.7 Å². The maximum absolute atomic E-state index is 12.0. The van der Waals surface area contributed by atoms with Crippen LogP contribution in [0.4, 0.5) is 4.79 Å². The summed E-state index contributed by atoms with van der Waals surface area (Å²) < 4.78 is 5.31. The molecule has 0 unspecified atom stereocenters. The third kappa shape index (κ3) is 1.81. The minimum absolute atomic E-state index is 0.165. The molecule has 100 valence electrons. The molecule has 1 spiro atoms. The third-order valence-electron chi connectivity index (χ3n) is 4.09. The molecule has 1 aliphatic carbocycles. The van der Waals surface area contributed by atoms with Gasteiger partial charge in [-0.3, -0.25) is 0 Å². The van der Waals surface area contributed by atoms with Gasteiger partial charge in [0.2, 0.25) is 0 Å². The second kappa shape index (κ2) is 4.35. The van der Waals surface area contributed by atoms with E-state index in [4.69, 9.17) is 10.5 Å². The van der Waals surface area contributed by atoms with Crippen LogP contribution < -0.4 is 5.73 Å². The molecule has 19 heavy (non-hydrogen) atoms. The highest BCUT2D eigenvalue weighted by Gasteiger charge is 2.57. The molecule has 2 N–H and O–H groups in total. The van der Waals surface area contributed by atoms with E-state index in [2.05, 4.69) is 4.99 Å². The molecule has 1 fully saturated rings. The Balaban J connectivity index is 1.82. The minimum Gasteiger partial charge on any atom is -0.385 e. The zero-order valence-electron chi connectivity index (χ0n) is 10.9. The van der Waals surface area contributed by atoms with Gasteiger partial charge < -0.3 is 15.4 Å². The molecule has 2 amide bonds. The zero-order valence-corrected chi connectivity index (χ0v) is 10.9. The van der Waals surface area contributed by atoms with Gasteiger partial charge >= 0.3 is 6.03 Å². The summed E-state index contributed by atoms with van der Waals surface area (Å²) in [5.41, 5.74) is 6.62. The first kappa shape index (κ1) is 12.2. The SMILES string of the molecule is COC1CC2(C1)C(N)=NC(=O)N2Cc1ccccc1. The number of nitrogens with two attached hydrogens (primary N) is 1. The highest BCUT2D eigenvalue weighted by atomic mass is 16.5. The van der Waals surface area contributed by atoms with E-state index in [0.29, 0.717) is 12.4 Å². The van der Waals surface area contributed by atoms with Crippen molar-refractivity contribution in [3.05, 3.63) is 35.9 Å². The van der Waals surface area contributed by atoms with Crippen LogP contribution in [0.5, 0.6) is 0 Å². The number of carbonyl (C=O) groups is 1. The monoisotopic (exact) mass is 259 g/mol. The van der Waals surface area contributed by atoms with Crippen molar-refractivity contribution in [2.45, 2.75) is 31.0 Å². The Morgan fingerprint density at radius 3 is 2.74 bits per heavy atom. The van der Waals surface area contributed by atoms with Crippen LogP contribution in [0.1, 0.15) is 18.4 Å². The number of amidine groups is 1. The molecule has 5 nitrogen and oxygen atoms in total. The zero-order chi connectivity index (χ0) is 13.5. The van der Waals surface area contributed by atoms with E-state index >= 15 is 0 Å². The standard InChI is InChI=1S/C14H17N3O2/c1-19-11-7-14(8-11)12(15)16-13(18)17(14)9-10-5-3-2-4-6-10/h2-6,11H,7-9H2,1H3,(H2,15,16,18). The predicted octanol–water partition coefficient (Wildman–Crippen LogP) is 1.53. The maximum Gasteiger partial charge on any atom is 0.346 e. The molecule has 0 radical (unpaired) electrons. The van der Waals surface area contributed by atoms with Gasteiger partial charge in [0.05, 0.1) is 6.10 Å². The van der Waals surface area contributed by atoms with Gasteiger partial charge in [-0.2, -0.15) is 4.99 Å². The van der Waals surface area contributed by atoms with Crippen molar-refractivity contribution in [2.75, 3.05) is 7.11 Å². The van der Waals surface area contributed by atoms with Gasteiger partial charge in [0.15, 0.2) is 0 Å². The summed E-state index contributed by atoms with van der Waals surface area (Å²) in [5.74, 6) is 0.432. The fourth-order valence-electron chi connectivity index (χ4n) is 2.86. The summed E-state index contributed by atoms with van der Waals surface area (Å²) in [6.07, 6.45) is 1.63. The average molecular weight is 259 g/mol. The normalized spacial score (nSPS) is 29.5. The summed E-state index contributed by atoms with van der Waals surface area (Å²) in [7, 11) is 1.68. The van der Waals surface area contributed by atoms with Gasteiger partial charge in [-0.05, 0) is 5.56 Å². The Kier molecular flexibility index (Phi) is 2.78. The number of hydrogen-bond acceptors (Lipinski definition) is 3. The van der Waals surface area contributed by atoms with Crippen LogP contribution in [-0.4, -0.2) is 35.5 Å². The lowest BCUT2D eigenvalue weighted by atomic mass is 9.72. The predicted molar refractivity (Wildman–Crippen MR) is 71.8 cm³/mol. The Hall–Kier alpha value is -1.88. The van der Waals surface area contributed by atoms with Gasteiger partial charge in [0.1, 0.15) is 11.4 Å². The number of aliphatic imine (C=N–C) groups is 1. The third-order valence-corrected chi connectivity index (χ3v) is 4.09. The Labute approximate surface area is 112 Å². The van der Waals surface area contributed by atoms with E-state index in [1.165, 1.54) is 0 Å². The van der Waals surface area contributed by atoms with Gasteiger partial charge in [0, 0.05) is 26.5 Å². The molecule has 1 heterocycles. The van der Waals surface area contributed by atoms with Crippen LogP contribution in [0, 0.1) is 0 Å². The number of amides is 2. The molecular formula is C14H17N3O2. The molecule has 0 atom stereocenters. The first-order valence-corrected chi connectivity index (χ1v) is 6.39. The lowest BCUT2D eigenvalue weighted by Gasteiger charge is -2.49. The highest BCUT2D eigenvalue weighted by Crippen LogP contribution is 2.43. The number of carbonyl (C=O) groups excluding carboxylic acids is 1. The van der Waals surface area contributed by atoms with Crippen molar-refractivity contribution >= 4 is 11.9 Å². The maximum atomic E-state index is 12.0. The first-order valence-electron chi connectivity index (χ1n) is 6.39. The molecule has 5 heteroatoms. The van der Waals surface area contributed by atoms with Gasteiger partial charge in [-0.15, -0.1) is 0 Å². The summed E-state index contributed by atoms with van der Waals surface area (Å²) >= 11 is 0. The Morgan fingerprint density at radius 2 is 2.11 bits per heavy atom. The van der Waals surface area contributed by atoms with E-state index in [-0.39, 0.29) is 12.1 Å². The smallest absolute Gasteiger partial charge is 0.346 e. The number of hydrogen-bond donors (Lipinski definition) is 1. The van der Waals surface area contributed by atoms with Crippen LogP contribution in [0.15, 0.2) is 35.3 Å². The minimum atomic E-state index is -0.423. The van der Waals surface area contributed by atoms with E-state index < -0.39 is 5.54 Å². The Morgan fingerprint density at radius 1 is 1.42 bits per heavy atom. The second-order valence-corrected chi connectivity index (χ2v) is 5.15. The van der Waals surface area contributed by atoms with Crippen LogP contribution in [0.3, 0.4) is 0 Å². The summed E-state index contributed by atoms with van der Waals surface area (Å²) in [4.78, 5) is 17.7. The van der Waals surface area contributed by atoms with E-state index in [0.717, 1.165) is 18.4 Å². The number of ether oxygens (including phenoxy) is 1. The highest BCUT2D eigenvalue weighted by molar-refractivity contribution is 6.06. The lowest BCUT2D eigenvalue weighted by molar-refractivity contribution is -0.0385. The number of rotatable bonds is 3. The number of urea groups is 1. The summed E-state index contributed by atoms with van der Waals surface area (Å²) in [6, 6.07) is 9.65. The van der Waals surface area contributed by atoms with Crippen LogP contribution in [0.2, 0.25) is 0 Å². The molecule has 1 aliphatic heterocycles. The van der Waals surface area contributed by atoms with E-state index in [1.54, 1.807) is 12.0 Å². The molecular weight excluding hydrogens is 242 g/mol. The largest absolute Gasteiger partial charge is 0.385 e. The fraction of sp³-hybridized carbons (Fsp3) is 0.429. The van der Waals surface area contributed by atoms with Gasteiger partial charge in [-0.25, -0.2) is 4.79 Å². The average Bonchev–Trinajstić information content (AvgIpc) is 2.60. The molecule has 0 aromatic heterocycles. The van der Waals surface area contributed by atoms with Crippen LogP contribution in [0.25, 0.3) is 0 Å². The van der Waals surface area contributed by atoms with Crippen molar-refractivity contribution in [3.63, 3.8) is 0 Å². The topological polar surface area (TPSA) is 67.9 Å². The Bertz CT molecular complexity index is 521. The van der Waals surface area contributed by atoms with Crippen molar-refractivity contribution in [1.29, 1.82) is 0 Å². The molecule has 0 saturated heterocycles. The summed E-state index contributed by atoms with van der Waals surface area (Å²) in [6.45, 7) is 0.542. The molecule has 1 aromatic carbocycles. The molecule has 2 aliphatic rings. The lowest BCUT2D eigenvalue weighted by Crippen LogP contribution is -2.63. The van der Waals surface area contributed by atoms with Crippen LogP contribution in [-0.2, 0) is 11.3 Å². The molecule has 1 aromatic rings. The number of benzene rings is 1. The van der Waals surface area contributed by atoms with Crippen molar-refractivity contribution in [3.8, 4) is 0 Å². The van der Waals surface area contributed by atoms with Gasteiger partial charge in [0.25, 0.3) is 0 Å². The van der Waals surface area contributed by atoms with E-state index in [1.807, 2.05) is 30.3 Å².